The molecular weight excluding hydrogens is 355 g/mol. The van der Waals surface area contributed by atoms with Crippen molar-refractivity contribution >= 4 is 24.8 Å². The molecule has 2 aromatic carbocycles. The molecule has 2 aromatic rings. The van der Waals surface area contributed by atoms with Gasteiger partial charge < -0.3 is 16.2 Å². The van der Waals surface area contributed by atoms with E-state index in [0.717, 1.165) is 50.0 Å². The minimum absolute atomic E-state index is 0. The fourth-order valence-electron chi connectivity index (χ4n) is 3.21. The summed E-state index contributed by atoms with van der Waals surface area (Å²) in [5.41, 5.74) is 13.8. The smallest absolute Gasteiger partial charge is 0.127 e. The van der Waals surface area contributed by atoms with Gasteiger partial charge in [0.15, 0.2) is 0 Å². The highest BCUT2D eigenvalue weighted by molar-refractivity contribution is 5.85. The van der Waals surface area contributed by atoms with Crippen molar-refractivity contribution in [1.29, 1.82) is 0 Å². The van der Waals surface area contributed by atoms with Gasteiger partial charge in [0.05, 0.1) is 0 Å². The highest BCUT2D eigenvalue weighted by Crippen LogP contribution is 2.30. The molecule has 4 N–H and O–H groups in total. The number of hydrogen-bond donors (Lipinski definition) is 2. The maximum absolute atomic E-state index is 6.52. The Hall–Kier alpha value is -1.26. The first-order valence-electron chi connectivity index (χ1n) is 8.49. The molecule has 0 atom stereocenters. The molecule has 5 heteroatoms. The molecule has 1 aliphatic carbocycles. The van der Waals surface area contributed by atoms with Gasteiger partial charge in [-0.25, -0.2) is 0 Å². The first kappa shape index (κ1) is 21.8. The van der Waals surface area contributed by atoms with Gasteiger partial charge in [-0.15, -0.1) is 24.8 Å². The zero-order valence-corrected chi connectivity index (χ0v) is 16.0. The molecule has 0 radical (unpaired) electrons. The fourth-order valence-corrected chi connectivity index (χ4v) is 3.21. The number of para-hydroxylation sites is 1. The summed E-state index contributed by atoms with van der Waals surface area (Å²) in [6.07, 6.45) is 6.24. The van der Waals surface area contributed by atoms with Crippen molar-refractivity contribution in [3.05, 3.63) is 60.2 Å². The van der Waals surface area contributed by atoms with E-state index in [9.17, 15) is 0 Å². The average Bonchev–Trinajstić information content (AvgIpc) is 2.58. The van der Waals surface area contributed by atoms with Gasteiger partial charge >= 0.3 is 0 Å². The van der Waals surface area contributed by atoms with Crippen LogP contribution in [0.1, 0.15) is 37.7 Å². The third kappa shape index (κ3) is 6.52. The number of hydrogen-bond acceptors (Lipinski definition) is 3. The molecule has 3 nitrogen and oxygen atoms in total. The molecule has 3 rings (SSSR count). The van der Waals surface area contributed by atoms with Crippen molar-refractivity contribution < 1.29 is 4.74 Å². The van der Waals surface area contributed by atoms with E-state index in [1.807, 2.05) is 42.5 Å². The molecule has 0 heterocycles. The maximum Gasteiger partial charge on any atom is 0.127 e. The van der Waals surface area contributed by atoms with Crippen molar-refractivity contribution in [1.82, 2.24) is 0 Å². The molecule has 1 saturated carbocycles. The van der Waals surface area contributed by atoms with Crippen LogP contribution in [-0.4, -0.2) is 11.6 Å². The summed E-state index contributed by atoms with van der Waals surface area (Å²) in [7, 11) is 0. The average molecular weight is 383 g/mol. The van der Waals surface area contributed by atoms with Crippen molar-refractivity contribution in [3.8, 4) is 11.5 Å². The van der Waals surface area contributed by atoms with Crippen LogP contribution in [0.2, 0.25) is 0 Å². The van der Waals surface area contributed by atoms with Crippen LogP contribution in [0.15, 0.2) is 54.6 Å². The van der Waals surface area contributed by atoms with Gasteiger partial charge in [-0.2, -0.15) is 0 Å². The molecule has 0 spiro atoms. The quantitative estimate of drug-likeness (QED) is 0.776. The highest BCUT2D eigenvalue weighted by Gasteiger charge is 2.29. The Bertz CT molecular complexity index is 611. The van der Waals surface area contributed by atoms with E-state index < -0.39 is 0 Å². The lowest BCUT2D eigenvalue weighted by Crippen LogP contribution is -2.46. The van der Waals surface area contributed by atoms with E-state index in [0.29, 0.717) is 6.04 Å². The van der Waals surface area contributed by atoms with Gasteiger partial charge in [0, 0.05) is 11.6 Å². The lowest BCUT2D eigenvalue weighted by Gasteiger charge is -2.36. The molecule has 25 heavy (non-hydrogen) atoms. The SMILES string of the molecule is Cl.Cl.NC1CCC(N)(CCc2ccc(Oc3ccccc3)cc2)CC1. The molecule has 0 unspecified atom stereocenters. The summed E-state index contributed by atoms with van der Waals surface area (Å²) in [6, 6.07) is 18.5. The Labute approximate surface area is 163 Å². The molecule has 0 amide bonds. The third-order valence-corrected chi connectivity index (χ3v) is 4.84. The van der Waals surface area contributed by atoms with E-state index in [-0.39, 0.29) is 30.4 Å². The van der Waals surface area contributed by atoms with E-state index >= 15 is 0 Å². The summed E-state index contributed by atoms with van der Waals surface area (Å²) in [6.45, 7) is 0. The van der Waals surface area contributed by atoms with Gasteiger partial charge in [0.1, 0.15) is 11.5 Å². The Balaban J connectivity index is 0.00000156. The van der Waals surface area contributed by atoms with Crippen LogP contribution in [0.4, 0.5) is 0 Å². The van der Waals surface area contributed by atoms with Crippen LogP contribution in [0.25, 0.3) is 0 Å². The molecule has 1 fully saturated rings. The number of aryl methyl sites for hydroxylation is 1. The van der Waals surface area contributed by atoms with E-state index in [1.165, 1.54) is 5.56 Å². The molecule has 0 aliphatic heterocycles. The molecular formula is C20H28Cl2N2O. The van der Waals surface area contributed by atoms with E-state index in [2.05, 4.69) is 12.1 Å². The second kappa shape index (κ2) is 10.0. The predicted molar refractivity (Wildman–Crippen MR) is 109 cm³/mol. The predicted octanol–water partition coefficient (Wildman–Crippen LogP) is 4.85. The number of halogens is 2. The molecule has 1 aliphatic rings. The van der Waals surface area contributed by atoms with Crippen LogP contribution in [0.3, 0.4) is 0 Å². The normalized spacial score (nSPS) is 22.4. The Morgan fingerprint density at radius 2 is 1.44 bits per heavy atom. The number of rotatable bonds is 5. The van der Waals surface area contributed by atoms with Gasteiger partial charge in [-0.05, 0) is 68.4 Å². The van der Waals surface area contributed by atoms with Crippen molar-refractivity contribution in [3.63, 3.8) is 0 Å². The number of nitrogens with two attached hydrogens (primary N) is 2. The molecule has 0 aromatic heterocycles. The minimum Gasteiger partial charge on any atom is -0.457 e. The Kier molecular flexibility index (Phi) is 8.74. The van der Waals surface area contributed by atoms with Crippen molar-refractivity contribution in [2.45, 2.75) is 50.1 Å². The molecule has 0 saturated heterocycles. The zero-order chi connectivity index (χ0) is 16.1. The van der Waals surface area contributed by atoms with Crippen LogP contribution < -0.4 is 16.2 Å². The summed E-state index contributed by atoms with van der Waals surface area (Å²) >= 11 is 0. The maximum atomic E-state index is 6.52. The molecule has 0 bridgehead atoms. The number of benzene rings is 2. The Morgan fingerprint density at radius 1 is 0.880 bits per heavy atom. The summed E-state index contributed by atoms with van der Waals surface area (Å²) < 4.78 is 5.82. The largest absolute Gasteiger partial charge is 0.457 e. The van der Waals surface area contributed by atoms with Gasteiger partial charge in [0.25, 0.3) is 0 Å². The highest BCUT2D eigenvalue weighted by atomic mass is 35.5. The first-order valence-corrected chi connectivity index (χ1v) is 8.49. The first-order chi connectivity index (χ1) is 11.1. The van der Waals surface area contributed by atoms with Gasteiger partial charge in [-0.1, -0.05) is 30.3 Å². The number of ether oxygens (including phenoxy) is 1. The second-order valence-electron chi connectivity index (χ2n) is 6.76. The fraction of sp³-hybridized carbons (Fsp3) is 0.400. The van der Waals surface area contributed by atoms with Crippen LogP contribution in [-0.2, 0) is 6.42 Å². The standard InChI is InChI=1S/C20H26N2O.2ClH/c21-17-11-14-20(22,15-12-17)13-10-16-6-8-19(9-7-16)23-18-4-2-1-3-5-18;;/h1-9,17H,10-15,21-22H2;2*1H. The van der Waals surface area contributed by atoms with Gasteiger partial charge in [0.2, 0.25) is 0 Å². The summed E-state index contributed by atoms with van der Waals surface area (Å²) in [4.78, 5) is 0. The zero-order valence-electron chi connectivity index (χ0n) is 14.4. The second-order valence-corrected chi connectivity index (χ2v) is 6.76. The lowest BCUT2D eigenvalue weighted by atomic mass is 9.77. The van der Waals surface area contributed by atoms with Gasteiger partial charge in [-0.3, -0.25) is 0 Å². The van der Waals surface area contributed by atoms with E-state index in [4.69, 9.17) is 16.2 Å². The summed E-state index contributed by atoms with van der Waals surface area (Å²) in [5.74, 6) is 1.73. The third-order valence-electron chi connectivity index (χ3n) is 4.84. The topological polar surface area (TPSA) is 61.3 Å². The van der Waals surface area contributed by atoms with Crippen LogP contribution in [0, 0.1) is 0 Å². The lowest BCUT2D eigenvalue weighted by molar-refractivity contribution is 0.258. The van der Waals surface area contributed by atoms with Crippen molar-refractivity contribution in [2.75, 3.05) is 0 Å². The molecule has 138 valence electrons. The monoisotopic (exact) mass is 382 g/mol. The Morgan fingerprint density at radius 3 is 2.04 bits per heavy atom. The van der Waals surface area contributed by atoms with Crippen LogP contribution in [0.5, 0.6) is 11.5 Å². The minimum atomic E-state index is -0.0327. The van der Waals surface area contributed by atoms with Crippen molar-refractivity contribution in [2.24, 2.45) is 11.5 Å². The van der Waals surface area contributed by atoms with Crippen LogP contribution >= 0.6 is 24.8 Å². The van der Waals surface area contributed by atoms with E-state index in [1.54, 1.807) is 0 Å². The summed E-state index contributed by atoms with van der Waals surface area (Å²) in [5, 5.41) is 0.